The number of hydrogen-bond donors (Lipinski definition) is 6. The zero-order valence-corrected chi connectivity index (χ0v) is 28.7. The van der Waals surface area contributed by atoms with Gasteiger partial charge in [0.05, 0.1) is 25.9 Å². The number of aliphatic hydroxyl groups excluding tert-OH is 2. The molecule has 4 aromatic heterocycles. The highest BCUT2D eigenvalue weighted by atomic mass is 32.7. The van der Waals surface area contributed by atoms with Gasteiger partial charge in [0, 0.05) is 13.1 Å². The first-order valence-electron chi connectivity index (χ1n) is 14.7. The minimum absolute atomic E-state index is 0.280. The largest absolute Gasteiger partial charge is 0.582 e. The van der Waals surface area contributed by atoms with E-state index in [1.165, 1.54) is 34.4 Å². The van der Waals surface area contributed by atoms with Gasteiger partial charge in [-0.25, -0.2) is 38.7 Å². The van der Waals surface area contributed by atoms with Gasteiger partial charge in [0.25, 0.3) is 0 Å². The molecule has 2 fully saturated rings. The topological polar surface area (TPSA) is 223 Å². The van der Waals surface area contributed by atoms with E-state index in [2.05, 4.69) is 65.0 Å². The summed E-state index contributed by atoms with van der Waals surface area (Å²) in [6, 6.07) is 0. The molecule has 2 saturated heterocycles. The van der Waals surface area contributed by atoms with Crippen LogP contribution in [0.1, 0.15) is 18.9 Å². The predicted octanol–water partition coefficient (Wildman–Crippen LogP) is 2.84. The molecule has 18 nitrogen and oxygen atoms in total. The lowest BCUT2D eigenvalue weighted by atomic mass is 10.1. The van der Waals surface area contributed by atoms with E-state index in [1.54, 1.807) is 0 Å². The molecular formula is C25H30F2N10O8P2S2+2. The Morgan fingerprint density at radius 2 is 1.29 bits per heavy atom. The minimum atomic E-state index is -2.43. The van der Waals surface area contributed by atoms with Gasteiger partial charge in [0.15, 0.2) is 71.0 Å². The van der Waals surface area contributed by atoms with Gasteiger partial charge in [-0.1, -0.05) is 12.2 Å². The van der Waals surface area contributed by atoms with Crippen molar-refractivity contribution in [2.75, 3.05) is 36.9 Å². The van der Waals surface area contributed by atoms with E-state index in [1.807, 2.05) is 12.2 Å². The first-order chi connectivity index (χ1) is 23.7. The smallest absolute Gasteiger partial charge is 0.394 e. The van der Waals surface area contributed by atoms with Crippen LogP contribution >= 0.6 is 39.0 Å². The normalized spacial score (nSPS) is 27.8. The highest BCUT2D eigenvalue weighted by Gasteiger charge is 2.52. The van der Waals surface area contributed by atoms with E-state index in [-0.39, 0.29) is 11.3 Å². The Bertz CT molecular complexity index is 1840. The molecule has 0 aromatic carbocycles. The molecule has 24 heteroatoms. The number of rotatable bonds is 15. The Hall–Kier alpha value is -3.04. The number of alkyl halides is 2. The van der Waals surface area contributed by atoms with Crippen LogP contribution in [0.15, 0.2) is 37.5 Å². The number of thiol groups is 2. The lowest BCUT2D eigenvalue weighted by Gasteiger charge is -2.15. The van der Waals surface area contributed by atoms with Crippen molar-refractivity contribution in [2.45, 2.75) is 55.6 Å². The molecule has 0 aliphatic carbocycles. The number of imidazole rings is 2. The van der Waals surface area contributed by atoms with Crippen LogP contribution < -0.4 is 10.6 Å². The van der Waals surface area contributed by atoms with Crippen molar-refractivity contribution in [1.82, 2.24) is 39.0 Å². The number of aliphatic hydroxyl groups is 2. The second kappa shape index (κ2) is 15.9. The van der Waals surface area contributed by atoms with Crippen molar-refractivity contribution in [2.24, 2.45) is 0 Å². The summed E-state index contributed by atoms with van der Waals surface area (Å²) < 4.78 is 77.4. The summed E-state index contributed by atoms with van der Waals surface area (Å²) in [5.74, 6) is 0.810. The predicted molar refractivity (Wildman–Crippen MR) is 176 cm³/mol. The first-order valence-corrected chi connectivity index (χ1v) is 19.3. The fourth-order valence-electron chi connectivity index (χ4n) is 5.56. The molecule has 4 unspecified atom stereocenters. The highest BCUT2D eigenvalue weighted by molar-refractivity contribution is 8.39. The van der Waals surface area contributed by atoms with Crippen LogP contribution in [0.25, 0.3) is 22.3 Å². The van der Waals surface area contributed by atoms with Crippen LogP contribution in [0.3, 0.4) is 0 Å². The molecule has 49 heavy (non-hydrogen) atoms. The van der Waals surface area contributed by atoms with E-state index in [4.69, 9.17) is 18.5 Å². The number of nitrogens with zero attached hydrogens (tertiary/aromatic N) is 8. The van der Waals surface area contributed by atoms with Crippen LogP contribution in [0.2, 0.25) is 0 Å². The summed E-state index contributed by atoms with van der Waals surface area (Å²) in [5.41, 5.74) is 1.30. The number of hydrogen-bond acceptors (Lipinski definition) is 16. The summed E-state index contributed by atoms with van der Waals surface area (Å²) in [6.45, 7) is -0.261. The van der Waals surface area contributed by atoms with E-state index in [0.29, 0.717) is 42.2 Å². The van der Waals surface area contributed by atoms with E-state index < -0.39 is 76.9 Å². The first kappa shape index (κ1) is 35.8. The summed E-state index contributed by atoms with van der Waals surface area (Å²) in [5, 5.41) is 25.5. The molecule has 0 amide bonds. The minimum Gasteiger partial charge on any atom is -0.394 e. The van der Waals surface area contributed by atoms with Gasteiger partial charge in [0.2, 0.25) is 0 Å². The molecule has 262 valence electrons. The number of halogens is 2. The molecule has 2 aliphatic rings. The molecule has 4 N–H and O–H groups in total. The number of aromatic nitrogens is 8. The summed E-state index contributed by atoms with van der Waals surface area (Å²) in [6.07, 6.45) is -1.06. The molecule has 0 spiro atoms. The Kier molecular flexibility index (Phi) is 11.6. The van der Waals surface area contributed by atoms with Gasteiger partial charge < -0.3 is 30.3 Å². The molecular weight excluding hydrogens is 732 g/mol. The monoisotopic (exact) mass is 762 g/mol. The highest BCUT2D eigenvalue weighted by Crippen LogP contribution is 2.42. The van der Waals surface area contributed by atoms with Crippen LogP contribution in [0.4, 0.5) is 20.4 Å². The SMILES string of the molecule is O=[P+](S)OC1[C@@H](F)[C@H](n2cnc3c(NC/C=C/CCNc4ncnc5c4ncn5C4O[C@H](CO)[C@@H](O[P+](=O)S)[C@H]4F)ncnc32)O[C@@H]1CO. The van der Waals surface area contributed by atoms with E-state index in [0.717, 1.165) is 0 Å². The fourth-order valence-corrected chi connectivity index (χ4v) is 7.13. The maximum Gasteiger partial charge on any atom is 0.582 e. The van der Waals surface area contributed by atoms with Crippen molar-refractivity contribution in [3.63, 3.8) is 0 Å². The zero-order chi connectivity index (χ0) is 34.7. The van der Waals surface area contributed by atoms with Gasteiger partial charge in [-0.3, -0.25) is 9.13 Å². The average molecular weight is 763 g/mol. The van der Waals surface area contributed by atoms with E-state index in [9.17, 15) is 19.3 Å². The Morgan fingerprint density at radius 1 is 0.796 bits per heavy atom. The molecule has 2 aliphatic heterocycles. The average Bonchev–Trinajstić information content (AvgIpc) is 3.85. The van der Waals surface area contributed by atoms with E-state index >= 15 is 8.78 Å². The Morgan fingerprint density at radius 3 is 1.76 bits per heavy atom. The number of fused-ring (bicyclic) bond motifs is 2. The van der Waals surface area contributed by atoms with Crippen molar-refractivity contribution < 1.29 is 46.6 Å². The summed E-state index contributed by atoms with van der Waals surface area (Å²) in [7, 11) is -4.85. The third kappa shape index (κ3) is 7.53. The number of nitrogens with one attached hydrogen (secondary N) is 2. The Balaban J connectivity index is 1.03. The van der Waals surface area contributed by atoms with Gasteiger partial charge in [-0.05, 0) is 15.6 Å². The van der Waals surface area contributed by atoms with Crippen molar-refractivity contribution in [1.29, 1.82) is 0 Å². The maximum atomic E-state index is 15.2. The van der Waals surface area contributed by atoms with Gasteiger partial charge in [0.1, 0.15) is 49.4 Å². The van der Waals surface area contributed by atoms with Crippen LogP contribution in [0, 0.1) is 0 Å². The lowest BCUT2D eigenvalue weighted by molar-refractivity contribution is -0.0427. The number of anilines is 2. The van der Waals surface area contributed by atoms with Crippen LogP contribution in [-0.4, -0.2) is 112 Å². The van der Waals surface area contributed by atoms with Crippen molar-refractivity contribution in [3.05, 3.63) is 37.5 Å². The quantitative estimate of drug-likeness (QED) is 0.0444. The summed E-state index contributed by atoms with van der Waals surface area (Å²) in [4.78, 5) is 25.5. The lowest BCUT2D eigenvalue weighted by Crippen LogP contribution is -2.31. The Labute approximate surface area is 288 Å². The zero-order valence-electron chi connectivity index (χ0n) is 25.1. The molecule has 6 rings (SSSR count). The molecule has 0 saturated carbocycles. The third-order valence-electron chi connectivity index (χ3n) is 7.74. The van der Waals surface area contributed by atoms with Gasteiger partial charge in [-0.15, -0.1) is 9.05 Å². The molecule has 10 atom stereocenters. The molecule has 0 radical (unpaired) electrons. The molecule has 4 aromatic rings. The van der Waals surface area contributed by atoms with Gasteiger partial charge in [-0.2, -0.15) is 0 Å². The van der Waals surface area contributed by atoms with Gasteiger partial charge >= 0.3 is 14.5 Å². The second-order valence-electron chi connectivity index (χ2n) is 10.7. The second-order valence-corrected chi connectivity index (χ2v) is 14.0. The van der Waals surface area contributed by atoms with Crippen molar-refractivity contribution in [3.8, 4) is 0 Å². The standard InChI is InChI=1S/C25H28F2N10O8P2S2/c26-14-18(44-46(40)48)12(6-38)42-24(14)36-10-34-16-20(30-8-32-22(16)36)28-4-2-1-3-5-29-21-17-23(33-9-31-21)37(11-35-17)25-15(27)19(45-47(41)49)13(7-39)43-25/h1-2,8-15,18-19,24-25,38-39H,3-7H2,(H2-2,28,29,30,31,32,33,40,41,48,49)/p+2/b2-1+/t12-,13-,14-,15-,18?,19-,24-,25?/m1/s1. The molecule has 0 bridgehead atoms. The van der Waals surface area contributed by atoms with Crippen LogP contribution in [0.5, 0.6) is 0 Å². The fraction of sp³-hybridized carbons (Fsp3) is 0.520. The van der Waals surface area contributed by atoms with Crippen molar-refractivity contribution >= 4 is 72.9 Å². The summed E-state index contributed by atoms with van der Waals surface area (Å²) >= 11 is 7.35. The maximum absolute atomic E-state index is 15.2. The molecule has 6 heterocycles. The third-order valence-corrected chi connectivity index (χ3v) is 9.15. The number of ether oxygens (including phenoxy) is 2. The van der Waals surface area contributed by atoms with Crippen LogP contribution in [-0.2, 0) is 27.7 Å².